The maximum atomic E-state index is 11.9. The van der Waals surface area contributed by atoms with Crippen LogP contribution >= 0.6 is 0 Å². The van der Waals surface area contributed by atoms with Gasteiger partial charge in [-0.25, -0.2) is 0 Å². The summed E-state index contributed by atoms with van der Waals surface area (Å²) < 4.78 is 21.0. The Bertz CT molecular complexity index is 891. The van der Waals surface area contributed by atoms with Crippen molar-refractivity contribution in [3.05, 3.63) is 0 Å². The van der Waals surface area contributed by atoms with Gasteiger partial charge in [0.2, 0.25) is 5.91 Å². The van der Waals surface area contributed by atoms with E-state index in [1.165, 1.54) is 6.92 Å². The Hall–Kier alpha value is -3.27. The summed E-state index contributed by atoms with van der Waals surface area (Å²) >= 11 is 0. The monoisotopic (exact) mass is 619 g/mol. The number of Topliss-reactive ketones (excluding diaryl/α,β-unsaturated/α-hetero) is 3. The van der Waals surface area contributed by atoms with Crippen LogP contribution in [0.4, 0.5) is 0 Å². The van der Waals surface area contributed by atoms with Gasteiger partial charge in [-0.2, -0.15) is 0 Å². The van der Waals surface area contributed by atoms with E-state index in [4.69, 9.17) is 29.2 Å². The van der Waals surface area contributed by atoms with Gasteiger partial charge in [0.15, 0.2) is 11.6 Å². The molecule has 15 heteroatoms. The summed E-state index contributed by atoms with van der Waals surface area (Å²) in [5.74, 6) is -6.15. The highest BCUT2D eigenvalue weighted by molar-refractivity contribution is 5.85. The van der Waals surface area contributed by atoms with Crippen molar-refractivity contribution in [2.24, 2.45) is 11.8 Å². The molecule has 0 radical (unpaired) electrons. The largest absolute Gasteiger partial charge is 0.481 e. The Kier molecular flexibility index (Phi) is 23.3. The summed E-state index contributed by atoms with van der Waals surface area (Å²) in [5.41, 5.74) is 0. The van der Waals surface area contributed by atoms with E-state index in [0.29, 0.717) is 13.0 Å². The van der Waals surface area contributed by atoms with Gasteiger partial charge in [-0.05, 0) is 19.3 Å². The number of carbonyl (C=O) groups excluding carboxylic acids is 4. The minimum atomic E-state index is -1.19. The van der Waals surface area contributed by atoms with E-state index in [0.717, 1.165) is 0 Å². The molecule has 0 saturated carbocycles. The average Bonchev–Trinajstić information content (AvgIpc) is 2.93. The van der Waals surface area contributed by atoms with E-state index in [1.54, 1.807) is 0 Å². The zero-order chi connectivity index (χ0) is 32.5. The van der Waals surface area contributed by atoms with E-state index in [9.17, 15) is 38.7 Å². The first-order chi connectivity index (χ1) is 20.4. The smallest absolute Gasteiger partial charge is 0.306 e. The first-order valence-corrected chi connectivity index (χ1v) is 14.2. The molecule has 0 aromatic heterocycles. The highest BCUT2D eigenvalue weighted by atomic mass is 16.5. The Labute approximate surface area is 250 Å². The highest BCUT2D eigenvalue weighted by Gasteiger charge is 2.22. The van der Waals surface area contributed by atoms with Crippen molar-refractivity contribution in [3.63, 3.8) is 0 Å². The normalized spacial score (nSPS) is 12.3. The fraction of sp³-hybridized carbons (Fsp3) is 0.750. The molecule has 1 amide bonds. The molecule has 0 aliphatic carbocycles. The molecule has 0 spiro atoms. The number of ether oxygens (including phenoxy) is 4. The first kappa shape index (κ1) is 39.7. The molecule has 246 valence electrons. The molecule has 15 nitrogen and oxygen atoms in total. The molecule has 0 aromatic rings. The third-order valence-corrected chi connectivity index (χ3v) is 5.93. The third-order valence-electron chi connectivity index (χ3n) is 5.93. The number of carboxylic acids is 3. The van der Waals surface area contributed by atoms with Gasteiger partial charge in [0, 0.05) is 51.7 Å². The molecule has 0 bridgehead atoms. The number of nitrogens with one attached hydrogen (secondary N) is 1. The van der Waals surface area contributed by atoms with Crippen molar-refractivity contribution in [2.75, 3.05) is 59.4 Å². The van der Waals surface area contributed by atoms with Gasteiger partial charge in [0.05, 0.1) is 44.9 Å². The molecule has 0 aliphatic heterocycles. The van der Waals surface area contributed by atoms with Crippen LogP contribution in [0.25, 0.3) is 0 Å². The van der Waals surface area contributed by atoms with Crippen LogP contribution in [-0.4, -0.2) is 116 Å². The fourth-order valence-electron chi connectivity index (χ4n) is 3.53. The maximum Gasteiger partial charge on any atom is 0.306 e. The molecule has 2 atom stereocenters. The lowest BCUT2D eigenvalue weighted by atomic mass is 9.95. The molecule has 43 heavy (non-hydrogen) atoms. The van der Waals surface area contributed by atoms with Gasteiger partial charge in [0.1, 0.15) is 19.0 Å². The zero-order valence-electron chi connectivity index (χ0n) is 24.7. The number of rotatable bonds is 30. The van der Waals surface area contributed by atoms with E-state index in [1.807, 2.05) is 0 Å². The number of hydrogen-bond acceptors (Lipinski definition) is 11. The summed E-state index contributed by atoms with van der Waals surface area (Å²) in [6.45, 7) is 2.71. The second-order valence-corrected chi connectivity index (χ2v) is 9.87. The number of ketones is 3. The number of amides is 1. The SMILES string of the molecule is CC(CC(=O)COCCOCCCC(=O)COCCOCCNC(=O)CCC(CC(=O)CCCC(=O)O)C(=O)O)C(=O)O. The fourth-order valence-corrected chi connectivity index (χ4v) is 3.53. The van der Waals surface area contributed by atoms with Crippen LogP contribution in [0.1, 0.15) is 64.7 Å². The Morgan fingerprint density at radius 2 is 1.19 bits per heavy atom. The summed E-state index contributed by atoms with van der Waals surface area (Å²) in [6.07, 6.45) is 0.273. The number of aliphatic carboxylic acids is 3. The molecular weight excluding hydrogens is 574 g/mol. The van der Waals surface area contributed by atoms with Gasteiger partial charge in [-0.1, -0.05) is 6.92 Å². The summed E-state index contributed by atoms with van der Waals surface area (Å²) in [4.78, 5) is 79.7. The van der Waals surface area contributed by atoms with E-state index < -0.39 is 29.7 Å². The van der Waals surface area contributed by atoms with Crippen molar-refractivity contribution in [2.45, 2.75) is 64.7 Å². The maximum absolute atomic E-state index is 11.9. The predicted octanol–water partition coefficient (Wildman–Crippen LogP) is 0.893. The van der Waals surface area contributed by atoms with Crippen LogP contribution < -0.4 is 5.32 Å². The molecule has 0 aliphatic rings. The van der Waals surface area contributed by atoms with Gasteiger partial charge >= 0.3 is 17.9 Å². The number of carboxylic acid groups (broad SMARTS) is 3. The molecule has 4 N–H and O–H groups in total. The van der Waals surface area contributed by atoms with Crippen molar-refractivity contribution in [1.82, 2.24) is 5.32 Å². The summed E-state index contributed by atoms with van der Waals surface area (Å²) in [6, 6.07) is 0. The van der Waals surface area contributed by atoms with Crippen molar-refractivity contribution in [1.29, 1.82) is 0 Å². The second-order valence-electron chi connectivity index (χ2n) is 9.87. The molecule has 0 saturated heterocycles. The Balaban J connectivity index is 3.68. The molecule has 0 heterocycles. The predicted molar refractivity (Wildman–Crippen MR) is 148 cm³/mol. The zero-order valence-corrected chi connectivity index (χ0v) is 24.7. The van der Waals surface area contributed by atoms with E-state index >= 15 is 0 Å². The van der Waals surface area contributed by atoms with Crippen molar-refractivity contribution >= 4 is 41.2 Å². The van der Waals surface area contributed by atoms with Gasteiger partial charge in [0.25, 0.3) is 0 Å². The highest BCUT2D eigenvalue weighted by Crippen LogP contribution is 2.14. The lowest BCUT2D eigenvalue weighted by Gasteiger charge is -2.12. The van der Waals surface area contributed by atoms with Crippen LogP contribution in [0.2, 0.25) is 0 Å². The third kappa shape index (κ3) is 25.0. The lowest BCUT2D eigenvalue weighted by Crippen LogP contribution is -2.29. The Morgan fingerprint density at radius 3 is 1.79 bits per heavy atom. The van der Waals surface area contributed by atoms with Crippen molar-refractivity contribution < 1.29 is 67.8 Å². The second kappa shape index (κ2) is 25.2. The van der Waals surface area contributed by atoms with E-state index in [-0.39, 0.29) is 127 Å². The minimum absolute atomic E-state index is 0.0183. The van der Waals surface area contributed by atoms with Crippen LogP contribution in [0, 0.1) is 11.8 Å². The Morgan fingerprint density at radius 1 is 0.605 bits per heavy atom. The van der Waals surface area contributed by atoms with Crippen LogP contribution in [0.15, 0.2) is 0 Å². The van der Waals surface area contributed by atoms with Crippen LogP contribution in [-0.2, 0) is 52.5 Å². The van der Waals surface area contributed by atoms with E-state index in [2.05, 4.69) is 5.32 Å². The topological polar surface area (TPSA) is 229 Å². The number of hydrogen-bond donors (Lipinski definition) is 4. The van der Waals surface area contributed by atoms with Gasteiger partial charge < -0.3 is 39.6 Å². The van der Waals surface area contributed by atoms with Gasteiger partial charge in [-0.15, -0.1) is 0 Å². The first-order valence-electron chi connectivity index (χ1n) is 14.2. The molecule has 0 fully saturated rings. The van der Waals surface area contributed by atoms with Gasteiger partial charge in [-0.3, -0.25) is 33.6 Å². The average molecular weight is 620 g/mol. The van der Waals surface area contributed by atoms with Crippen LogP contribution in [0.3, 0.4) is 0 Å². The minimum Gasteiger partial charge on any atom is -0.481 e. The number of carbonyl (C=O) groups is 7. The molecule has 0 rings (SSSR count). The van der Waals surface area contributed by atoms with Crippen LogP contribution in [0.5, 0.6) is 0 Å². The molecule has 2 unspecified atom stereocenters. The quantitative estimate of drug-likeness (QED) is 0.0819. The molecular formula is C28H45NO14. The summed E-state index contributed by atoms with van der Waals surface area (Å²) in [7, 11) is 0. The lowest BCUT2D eigenvalue weighted by molar-refractivity contribution is -0.144. The molecule has 0 aromatic carbocycles. The van der Waals surface area contributed by atoms with Crippen molar-refractivity contribution in [3.8, 4) is 0 Å². The standard InChI is InChI=1S/C28H45NO14/c1-20(27(36)37)16-24(32)19-43-14-12-40-10-3-5-23(31)18-42-15-13-41-11-9-29-25(33)8-7-21(28(38)39)17-22(30)4-2-6-26(34)35/h20-21H,2-19H2,1H3,(H,29,33)(H,34,35)(H,36,37)(H,38,39). The summed E-state index contributed by atoms with van der Waals surface area (Å²) in [5, 5.41) is 29.2.